The van der Waals surface area contributed by atoms with Gasteiger partial charge >= 0.3 is 6.36 Å². The summed E-state index contributed by atoms with van der Waals surface area (Å²) < 4.78 is 39.5. The molecule has 0 spiro atoms. The molecule has 0 bridgehead atoms. The maximum Gasteiger partial charge on any atom is 0.573 e. The third-order valence-corrected chi connectivity index (χ3v) is 2.58. The monoisotopic (exact) mass is 303 g/mol. The minimum Gasteiger partial charge on any atom is -0.404 e. The number of nitrogen functional groups attached to an aromatic ring is 1. The van der Waals surface area contributed by atoms with Crippen LogP contribution < -0.4 is 10.5 Å². The zero-order valence-electron chi connectivity index (χ0n) is 7.24. The zero-order chi connectivity index (χ0) is 11.6. The molecule has 2 N–H and O–H groups in total. The highest BCUT2D eigenvalue weighted by atomic mass is 79.9. The maximum atomic E-state index is 11.9. The summed E-state index contributed by atoms with van der Waals surface area (Å²) in [4.78, 5) is 0. The van der Waals surface area contributed by atoms with Crippen LogP contribution in [-0.2, 0) is 5.33 Å². The fourth-order valence-corrected chi connectivity index (χ4v) is 2.00. The number of hydrogen-bond donors (Lipinski definition) is 1. The molecule has 0 fully saturated rings. The second kappa shape index (κ2) is 4.49. The Hall–Kier alpha value is -0.620. The second-order valence-electron chi connectivity index (χ2n) is 2.63. The summed E-state index contributed by atoms with van der Waals surface area (Å²) in [6, 6.07) is 2.39. The molecule has 0 heterocycles. The quantitative estimate of drug-likeness (QED) is 0.667. The molecule has 0 saturated carbocycles. The van der Waals surface area contributed by atoms with Crippen LogP contribution in [0.2, 0.25) is 5.02 Å². The predicted octanol–water partition coefficient (Wildman–Crippen LogP) is 3.72. The zero-order valence-corrected chi connectivity index (χ0v) is 9.58. The van der Waals surface area contributed by atoms with Gasteiger partial charge in [0.25, 0.3) is 0 Å². The molecule has 0 aromatic heterocycles. The first-order valence-electron chi connectivity index (χ1n) is 3.73. The second-order valence-corrected chi connectivity index (χ2v) is 3.57. The Morgan fingerprint density at radius 1 is 1.40 bits per heavy atom. The fraction of sp³-hybridized carbons (Fsp3) is 0.250. The lowest BCUT2D eigenvalue weighted by atomic mass is 10.2. The molecule has 0 saturated heterocycles. The van der Waals surface area contributed by atoms with E-state index in [4.69, 9.17) is 17.3 Å². The van der Waals surface area contributed by atoms with Crippen molar-refractivity contribution in [3.8, 4) is 5.75 Å². The molecule has 15 heavy (non-hydrogen) atoms. The van der Waals surface area contributed by atoms with Crippen LogP contribution in [0.4, 0.5) is 18.9 Å². The fourth-order valence-electron chi connectivity index (χ4n) is 0.954. The van der Waals surface area contributed by atoms with Gasteiger partial charge in [-0.15, -0.1) is 13.2 Å². The Kier molecular flexibility index (Phi) is 3.72. The predicted molar refractivity (Wildman–Crippen MR) is 55.2 cm³/mol. The smallest absolute Gasteiger partial charge is 0.404 e. The van der Waals surface area contributed by atoms with Gasteiger partial charge in [-0.05, 0) is 12.1 Å². The van der Waals surface area contributed by atoms with E-state index in [1.807, 2.05) is 0 Å². The number of ether oxygens (including phenoxy) is 1. The lowest BCUT2D eigenvalue weighted by Crippen LogP contribution is -2.17. The number of anilines is 1. The summed E-state index contributed by atoms with van der Waals surface area (Å²) in [5, 5.41) is 0.122. The number of rotatable bonds is 2. The van der Waals surface area contributed by atoms with Crippen molar-refractivity contribution in [3.63, 3.8) is 0 Å². The van der Waals surface area contributed by atoms with E-state index in [-0.39, 0.29) is 10.4 Å². The van der Waals surface area contributed by atoms with Crippen molar-refractivity contribution >= 4 is 33.2 Å². The van der Waals surface area contributed by atoms with Crippen LogP contribution in [0.5, 0.6) is 5.75 Å². The van der Waals surface area contributed by atoms with Gasteiger partial charge < -0.3 is 10.5 Å². The van der Waals surface area contributed by atoms with Gasteiger partial charge in [0.1, 0.15) is 5.75 Å². The van der Waals surface area contributed by atoms with Crippen LogP contribution >= 0.6 is 27.5 Å². The van der Waals surface area contributed by atoms with Crippen LogP contribution in [0, 0.1) is 0 Å². The standard InChI is InChI=1S/C8H6BrClF3NO/c9-3-4-5(14)1-2-6(7(4)10)15-8(11,12)13/h1-2H,3,14H2. The molecule has 0 aliphatic rings. The summed E-state index contributed by atoms with van der Waals surface area (Å²) in [6.07, 6.45) is -4.76. The average molecular weight is 304 g/mol. The molecular formula is C8H6BrClF3NO. The number of benzene rings is 1. The number of hydrogen-bond acceptors (Lipinski definition) is 2. The van der Waals surface area contributed by atoms with Crippen molar-refractivity contribution in [2.75, 3.05) is 5.73 Å². The molecule has 1 aromatic carbocycles. The molecule has 0 amide bonds. The Labute approximate surface area is 97.3 Å². The highest BCUT2D eigenvalue weighted by Crippen LogP contribution is 2.36. The van der Waals surface area contributed by atoms with Crippen molar-refractivity contribution in [1.29, 1.82) is 0 Å². The summed E-state index contributed by atoms with van der Waals surface area (Å²) in [5.41, 5.74) is 6.20. The van der Waals surface area contributed by atoms with Crippen molar-refractivity contribution < 1.29 is 17.9 Å². The third-order valence-electron chi connectivity index (χ3n) is 1.60. The normalized spacial score (nSPS) is 11.5. The van der Waals surface area contributed by atoms with E-state index < -0.39 is 12.1 Å². The molecule has 1 rings (SSSR count). The van der Waals surface area contributed by atoms with Gasteiger partial charge in [0.15, 0.2) is 0 Å². The van der Waals surface area contributed by atoms with Gasteiger partial charge in [0.2, 0.25) is 0 Å². The van der Waals surface area contributed by atoms with Crippen molar-refractivity contribution in [2.24, 2.45) is 0 Å². The average Bonchev–Trinajstić information content (AvgIpc) is 2.09. The number of halogens is 5. The maximum absolute atomic E-state index is 11.9. The molecule has 7 heteroatoms. The van der Waals surface area contributed by atoms with E-state index in [0.717, 1.165) is 6.07 Å². The molecule has 0 unspecified atom stereocenters. The Balaban J connectivity index is 3.11. The van der Waals surface area contributed by atoms with E-state index in [2.05, 4.69) is 20.7 Å². The largest absolute Gasteiger partial charge is 0.573 e. The molecule has 1 aromatic rings. The molecule has 2 nitrogen and oxygen atoms in total. The van der Waals surface area contributed by atoms with Gasteiger partial charge in [-0.2, -0.15) is 0 Å². The van der Waals surface area contributed by atoms with Crippen LogP contribution in [0.15, 0.2) is 12.1 Å². The summed E-state index contributed by atoms with van der Waals surface area (Å²) >= 11 is 8.76. The van der Waals surface area contributed by atoms with Crippen molar-refractivity contribution in [2.45, 2.75) is 11.7 Å². The van der Waals surface area contributed by atoms with Crippen LogP contribution in [0.3, 0.4) is 0 Å². The molecule has 0 aliphatic heterocycles. The molecular weight excluding hydrogens is 298 g/mol. The van der Waals surface area contributed by atoms with Crippen LogP contribution in [-0.4, -0.2) is 6.36 Å². The van der Waals surface area contributed by atoms with Gasteiger partial charge in [-0.25, -0.2) is 0 Å². The van der Waals surface area contributed by atoms with Crippen molar-refractivity contribution in [3.05, 3.63) is 22.7 Å². The van der Waals surface area contributed by atoms with E-state index in [0.29, 0.717) is 11.3 Å². The summed E-state index contributed by atoms with van der Waals surface area (Å²) in [7, 11) is 0. The van der Waals surface area contributed by atoms with E-state index in [1.54, 1.807) is 0 Å². The first kappa shape index (κ1) is 12.4. The lowest BCUT2D eigenvalue weighted by Gasteiger charge is -2.13. The Morgan fingerprint density at radius 2 is 2.00 bits per heavy atom. The number of alkyl halides is 4. The van der Waals surface area contributed by atoms with Gasteiger partial charge in [0.05, 0.1) is 5.02 Å². The molecule has 0 aliphatic carbocycles. The first-order valence-corrected chi connectivity index (χ1v) is 5.23. The van der Waals surface area contributed by atoms with Gasteiger partial charge in [0, 0.05) is 16.6 Å². The SMILES string of the molecule is Nc1ccc(OC(F)(F)F)c(Cl)c1CBr. The Morgan fingerprint density at radius 3 is 2.47 bits per heavy atom. The van der Waals surface area contributed by atoms with E-state index in [1.165, 1.54) is 6.07 Å². The van der Waals surface area contributed by atoms with Crippen LogP contribution in [0.25, 0.3) is 0 Å². The molecule has 84 valence electrons. The topological polar surface area (TPSA) is 35.2 Å². The number of nitrogens with two attached hydrogens (primary N) is 1. The van der Waals surface area contributed by atoms with Gasteiger partial charge in [-0.3, -0.25) is 0 Å². The Bertz CT molecular complexity index is 370. The highest BCUT2D eigenvalue weighted by Gasteiger charge is 2.32. The van der Waals surface area contributed by atoms with Gasteiger partial charge in [-0.1, -0.05) is 27.5 Å². The highest BCUT2D eigenvalue weighted by molar-refractivity contribution is 9.08. The van der Waals surface area contributed by atoms with Crippen molar-refractivity contribution in [1.82, 2.24) is 0 Å². The van der Waals surface area contributed by atoms with E-state index in [9.17, 15) is 13.2 Å². The van der Waals surface area contributed by atoms with E-state index >= 15 is 0 Å². The third kappa shape index (κ3) is 3.17. The minimum atomic E-state index is -4.76. The molecule has 0 radical (unpaired) electrons. The molecule has 0 atom stereocenters. The van der Waals surface area contributed by atoms with Crippen LogP contribution in [0.1, 0.15) is 5.56 Å². The lowest BCUT2D eigenvalue weighted by molar-refractivity contribution is -0.274. The summed E-state index contributed by atoms with van der Waals surface area (Å²) in [6.45, 7) is 0. The first-order chi connectivity index (χ1) is 6.85. The summed E-state index contributed by atoms with van der Waals surface area (Å²) in [5.74, 6) is -0.451. The minimum absolute atomic E-state index is 0.135.